The summed E-state index contributed by atoms with van der Waals surface area (Å²) in [5.74, 6) is 0.724. The molecule has 2 bridgehead atoms. The number of halogens is 1. The first-order valence-corrected chi connectivity index (χ1v) is 9.51. The molecule has 2 fully saturated rings. The van der Waals surface area contributed by atoms with Crippen molar-refractivity contribution in [2.24, 2.45) is 0 Å². The summed E-state index contributed by atoms with van der Waals surface area (Å²) in [7, 11) is 0. The number of fused-ring (bicyclic) bond motifs is 2. The average Bonchev–Trinajstić information content (AvgIpc) is 2.98. The Morgan fingerprint density at radius 1 is 1.11 bits per heavy atom. The summed E-state index contributed by atoms with van der Waals surface area (Å²) in [6.07, 6.45) is 4.54. The van der Waals surface area contributed by atoms with E-state index in [-0.39, 0.29) is 24.4 Å². The molecule has 0 aliphatic carbocycles. The van der Waals surface area contributed by atoms with Gasteiger partial charge in [-0.3, -0.25) is 4.79 Å². The molecule has 2 saturated heterocycles. The molecule has 2 aromatic rings. The lowest BCUT2D eigenvalue weighted by Gasteiger charge is -2.29. The Kier molecular flexibility index (Phi) is 6.40. The smallest absolute Gasteiger partial charge is 0.251 e. The van der Waals surface area contributed by atoms with Crippen LogP contribution < -0.4 is 15.4 Å². The van der Waals surface area contributed by atoms with Crippen molar-refractivity contribution in [2.45, 2.75) is 57.3 Å². The van der Waals surface area contributed by atoms with E-state index >= 15 is 0 Å². The third-order valence-electron chi connectivity index (χ3n) is 5.39. The Balaban J connectivity index is 0.00000210. The second-order valence-corrected chi connectivity index (χ2v) is 7.59. The number of aryl methyl sites for hydroxylation is 1. The molecular formula is C22H27ClN2O2. The molecule has 2 aliphatic rings. The summed E-state index contributed by atoms with van der Waals surface area (Å²) >= 11 is 0. The summed E-state index contributed by atoms with van der Waals surface area (Å²) in [6, 6.07) is 17.2. The van der Waals surface area contributed by atoms with Crippen LogP contribution in [0.15, 0.2) is 48.5 Å². The van der Waals surface area contributed by atoms with Gasteiger partial charge in [-0.15, -0.1) is 12.4 Å². The second kappa shape index (κ2) is 8.77. The molecule has 4 nitrogen and oxygen atoms in total. The van der Waals surface area contributed by atoms with E-state index in [9.17, 15) is 4.79 Å². The van der Waals surface area contributed by atoms with Gasteiger partial charge in [0.05, 0.1) is 0 Å². The quantitative estimate of drug-likeness (QED) is 0.816. The van der Waals surface area contributed by atoms with Crippen molar-refractivity contribution in [3.05, 3.63) is 65.2 Å². The number of hydrogen-bond donors (Lipinski definition) is 2. The Bertz CT molecular complexity index is 783. The summed E-state index contributed by atoms with van der Waals surface area (Å²) in [6.45, 7) is 2.58. The molecule has 1 amide bonds. The van der Waals surface area contributed by atoms with Gasteiger partial charge in [0.1, 0.15) is 12.4 Å². The fraction of sp³-hybridized carbons (Fsp3) is 0.409. The first-order chi connectivity index (χ1) is 12.7. The molecule has 0 spiro atoms. The van der Waals surface area contributed by atoms with Crippen molar-refractivity contribution in [3.8, 4) is 5.75 Å². The zero-order chi connectivity index (χ0) is 17.9. The van der Waals surface area contributed by atoms with E-state index in [1.54, 1.807) is 0 Å². The highest BCUT2D eigenvalue weighted by molar-refractivity contribution is 5.94. The number of nitrogens with one attached hydrogen (secondary N) is 2. The number of carbonyl (C=O) groups is 1. The largest absolute Gasteiger partial charge is 0.489 e. The lowest BCUT2D eigenvalue weighted by Crippen LogP contribution is -2.48. The van der Waals surface area contributed by atoms with Crippen LogP contribution >= 0.6 is 12.4 Å². The van der Waals surface area contributed by atoms with E-state index in [0.29, 0.717) is 24.3 Å². The van der Waals surface area contributed by atoms with Crippen LogP contribution in [0.4, 0.5) is 0 Å². The van der Waals surface area contributed by atoms with Gasteiger partial charge < -0.3 is 15.4 Å². The van der Waals surface area contributed by atoms with Crippen LogP contribution in [0, 0.1) is 6.92 Å². The Morgan fingerprint density at radius 2 is 1.85 bits per heavy atom. The van der Waals surface area contributed by atoms with Crippen LogP contribution in [0.1, 0.15) is 47.2 Å². The minimum Gasteiger partial charge on any atom is -0.489 e. The lowest BCUT2D eigenvalue weighted by atomic mass is 9.99. The maximum absolute atomic E-state index is 12.6. The lowest BCUT2D eigenvalue weighted by molar-refractivity contribution is 0.0923. The predicted molar refractivity (Wildman–Crippen MR) is 110 cm³/mol. The minimum atomic E-state index is -0.00249. The summed E-state index contributed by atoms with van der Waals surface area (Å²) in [4.78, 5) is 12.6. The van der Waals surface area contributed by atoms with Gasteiger partial charge in [0, 0.05) is 23.7 Å². The molecule has 2 unspecified atom stereocenters. The van der Waals surface area contributed by atoms with Crippen LogP contribution in [0.3, 0.4) is 0 Å². The number of amides is 1. The number of ether oxygens (including phenoxy) is 1. The zero-order valence-electron chi connectivity index (χ0n) is 15.6. The van der Waals surface area contributed by atoms with E-state index in [4.69, 9.17) is 4.74 Å². The van der Waals surface area contributed by atoms with Gasteiger partial charge in [0.2, 0.25) is 0 Å². The summed E-state index contributed by atoms with van der Waals surface area (Å²) in [5, 5.41) is 6.82. The summed E-state index contributed by atoms with van der Waals surface area (Å²) < 4.78 is 5.88. The molecular weight excluding hydrogens is 360 g/mol. The predicted octanol–water partition coefficient (Wildman–Crippen LogP) is 4.01. The fourth-order valence-electron chi connectivity index (χ4n) is 4.14. The van der Waals surface area contributed by atoms with Crippen molar-refractivity contribution in [3.63, 3.8) is 0 Å². The molecule has 5 heteroatoms. The molecule has 2 atom stereocenters. The van der Waals surface area contributed by atoms with Crippen molar-refractivity contribution >= 4 is 18.3 Å². The molecule has 4 rings (SSSR count). The van der Waals surface area contributed by atoms with Gasteiger partial charge in [-0.05, 0) is 56.4 Å². The molecule has 2 N–H and O–H groups in total. The number of carbonyl (C=O) groups excluding carboxylic acids is 1. The monoisotopic (exact) mass is 386 g/mol. The van der Waals surface area contributed by atoms with Crippen molar-refractivity contribution in [2.75, 3.05) is 0 Å². The van der Waals surface area contributed by atoms with Crippen molar-refractivity contribution in [1.29, 1.82) is 0 Å². The van der Waals surface area contributed by atoms with Crippen LogP contribution in [0.25, 0.3) is 0 Å². The van der Waals surface area contributed by atoms with Gasteiger partial charge in [-0.2, -0.15) is 0 Å². The maximum atomic E-state index is 12.6. The second-order valence-electron chi connectivity index (χ2n) is 7.59. The van der Waals surface area contributed by atoms with Gasteiger partial charge in [0.25, 0.3) is 5.91 Å². The normalized spacial score (nSPS) is 23.4. The van der Waals surface area contributed by atoms with E-state index in [1.165, 1.54) is 18.4 Å². The highest BCUT2D eigenvalue weighted by Crippen LogP contribution is 2.27. The molecule has 0 saturated carbocycles. The Morgan fingerprint density at radius 3 is 2.59 bits per heavy atom. The Labute approximate surface area is 167 Å². The van der Waals surface area contributed by atoms with Crippen LogP contribution in [0.5, 0.6) is 5.75 Å². The number of rotatable bonds is 5. The van der Waals surface area contributed by atoms with E-state index < -0.39 is 0 Å². The molecule has 0 aromatic heterocycles. The fourth-order valence-corrected chi connectivity index (χ4v) is 4.14. The first-order valence-electron chi connectivity index (χ1n) is 9.51. The highest BCUT2D eigenvalue weighted by atomic mass is 35.5. The first kappa shape index (κ1) is 19.7. The number of benzene rings is 2. The van der Waals surface area contributed by atoms with Crippen molar-refractivity contribution < 1.29 is 9.53 Å². The molecule has 0 radical (unpaired) electrons. The highest BCUT2D eigenvalue weighted by Gasteiger charge is 2.34. The average molecular weight is 387 g/mol. The topological polar surface area (TPSA) is 50.4 Å². The van der Waals surface area contributed by atoms with Crippen LogP contribution in [-0.4, -0.2) is 24.0 Å². The van der Waals surface area contributed by atoms with Gasteiger partial charge in [0.15, 0.2) is 0 Å². The van der Waals surface area contributed by atoms with Crippen LogP contribution in [0.2, 0.25) is 0 Å². The van der Waals surface area contributed by atoms with Gasteiger partial charge in [-0.25, -0.2) is 0 Å². The Hall–Kier alpha value is -2.04. The van der Waals surface area contributed by atoms with Crippen LogP contribution in [-0.2, 0) is 6.61 Å². The van der Waals surface area contributed by atoms with E-state index in [0.717, 1.165) is 24.2 Å². The van der Waals surface area contributed by atoms with Crippen molar-refractivity contribution in [1.82, 2.24) is 10.6 Å². The number of hydrogen-bond acceptors (Lipinski definition) is 3. The molecule has 144 valence electrons. The number of piperidine rings is 1. The SMILES string of the molecule is Cc1cccc(COc2cccc(C(=O)NC3CC4CCC(C3)N4)c2)c1.Cl. The molecule has 2 heterocycles. The minimum absolute atomic E-state index is 0. The molecule has 27 heavy (non-hydrogen) atoms. The van der Waals surface area contributed by atoms with Gasteiger partial charge >= 0.3 is 0 Å². The standard InChI is InChI=1S/C22H26N2O2.ClH/c1-15-4-2-5-16(10-15)14-26-21-7-3-6-17(11-21)22(25)24-20-12-18-8-9-19(13-20)23-18;/h2-7,10-11,18-20,23H,8-9,12-14H2,1H3,(H,24,25);1H. The summed E-state index contributed by atoms with van der Waals surface area (Å²) in [5.41, 5.74) is 3.01. The van der Waals surface area contributed by atoms with Gasteiger partial charge in [-0.1, -0.05) is 35.9 Å². The molecule has 2 aromatic carbocycles. The van der Waals surface area contributed by atoms with E-state index in [1.807, 2.05) is 30.3 Å². The van der Waals surface area contributed by atoms with E-state index in [2.05, 4.69) is 35.8 Å². The molecule has 2 aliphatic heterocycles. The zero-order valence-corrected chi connectivity index (χ0v) is 16.4. The third kappa shape index (κ3) is 5.02. The maximum Gasteiger partial charge on any atom is 0.251 e. The third-order valence-corrected chi connectivity index (χ3v) is 5.39.